The highest BCUT2D eigenvalue weighted by Crippen LogP contribution is 2.12. The Kier molecular flexibility index (Phi) is 4.94. The molecule has 1 atom stereocenters. The lowest BCUT2D eigenvalue weighted by molar-refractivity contribution is -0.122. The molecule has 10 heavy (non-hydrogen) atoms. The predicted octanol–water partition coefficient (Wildman–Crippen LogP) is 0.801. The molecule has 0 amide bonds. The van der Waals surface area contributed by atoms with Crippen LogP contribution in [0.3, 0.4) is 0 Å². The second-order valence-corrected chi connectivity index (χ2v) is 2.58. The summed E-state index contributed by atoms with van der Waals surface area (Å²) in [5.74, 6) is 0. The van der Waals surface area contributed by atoms with E-state index < -0.39 is 0 Å². The number of hydrogen-bond acceptors (Lipinski definition) is 2. The summed E-state index contributed by atoms with van der Waals surface area (Å²) in [6, 6.07) is 0.847. The van der Waals surface area contributed by atoms with Gasteiger partial charge in [-0.15, -0.1) is 0 Å². The van der Waals surface area contributed by atoms with Crippen LogP contribution in [0.15, 0.2) is 0 Å². The van der Waals surface area contributed by atoms with Crippen LogP contribution in [0.25, 0.3) is 0 Å². The van der Waals surface area contributed by atoms with E-state index in [1.807, 2.05) is 0 Å². The summed E-state index contributed by atoms with van der Waals surface area (Å²) in [5, 5.41) is 6.89. The van der Waals surface area contributed by atoms with Crippen LogP contribution < -0.4 is 0 Å². The van der Waals surface area contributed by atoms with Crippen molar-refractivity contribution in [3.8, 4) is 0 Å². The maximum absolute atomic E-state index is 8.36. The fourth-order valence-corrected chi connectivity index (χ4v) is 1.08. The number of nitrogens with zero attached hydrogens (tertiary/aromatic N) is 1. The van der Waals surface area contributed by atoms with Gasteiger partial charge in [-0.1, -0.05) is 0 Å². The van der Waals surface area contributed by atoms with E-state index in [9.17, 15) is 0 Å². The van der Waals surface area contributed by atoms with Crippen LogP contribution in [-0.2, 0) is 4.79 Å². The lowest BCUT2D eigenvalue weighted by Crippen LogP contribution is -2.20. The number of rotatable bonds is 0. The molecule has 60 valence electrons. The molecular formula is C7H15NO2. The smallest absolute Gasteiger partial charge is 0.290 e. The van der Waals surface area contributed by atoms with Gasteiger partial charge < -0.3 is 10.0 Å². The molecule has 0 spiro atoms. The normalized spacial score (nSPS) is 25.2. The van der Waals surface area contributed by atoms with Gasteiger partial charge in [-0.2, -0.15) is 0 Å². The van der Waals surface area contributed by atoms with E-state index in [1.54, 1.807) is 0 Å². The molecule has 0 aromatic rings. The number of hydrogen-bond donors (Lipinski definition) is 1. The van der Waals surface area contributed by atoms with Crippen molar-refractivity contribution in [1.29, 1.82) is 0 Å². The van der Waals surface area contributed by atoms with Crippen molar-refractivity contribution in [3.05, 3.63) is 0 Å². The van der Waals surface area contributed by atoms with Gasteiger partial charge in [-0.25, -0.2) is 0 Å². The monoisotopic (exact) mass is 145 g/mol. The van der Waals surface area contributed by atoms with Gasteiger partial charge in [-0.3, -0.25) is 4.79 Å². The van der Waals surface area contributed by atoms with E-state index in [0.717, 1.165) is 6.04 Å². The van der Waals surface area contributed by atoms with Crippen LogP contribution in [0.1, 0.15) is 19.8 Å². The molecule has 3 nitrogen and oxygen atoms in total. The summed E-state index contributed by atoms with van der Waals surface area (Å²) in [7, 11) is 2.19. The first-order chi connectivity index (χ1) is 4.72. The summed E-state index contributed by atoms with van der Waals surface area (Å²) in [4.78, 5) is 10.8. The molecule has 1 saturated heterocycles. The maximum Gasteiger partial charge on any atom is 0.290 e. The molecule has 1 unspecified atom stereocenters. The molecule has 0 saturated carbocycles. The van der Waals surface area contributed by atoms with Gasteiger partial charge in [0, 0.05) is 6.04 Å². The molecule has 0 aliphatic carbocycles. The Morgan fingerprint density at radius 1 is 1.70 bits per heavy atom. The Bertz CT molecular complexity index is 87.6. The van der Waals surface area contributed by atoms with Crippen molar-refractivity contribution in [2.24, 2.45) is 0 Å². The second-order valence-electron chi connectivity index (χ2n) is 2.58. The van der Waals surface area contributed by atoms with Gasteiger partial charge in [0.05, 0.1) is 0 Å². The van der Waals surface area contributed by atoms with Gasteiger partial charge in [0.2, 0.25) is 0 Å². The highest BCUT2D eigenvalue weighted by molar-refractivity contribution is 5.32. The molecule has 0 bridgehead atoms. The Hall–Kier alpha value is -0.570. The van der Waals surface area contributed by atoms with Crippen LogP contribution >= 0.6 is 0 Å². The quantitative estimate of drug-likeness (QED) is 0.512. The Morgan fingerprint density at radius 3 is 2.30 bits per heavy atom. The van der Waals surface area contributed by atoms with Crippen LogP contribution in [0.5, 0.6) is 0 Å². The standard InChI is InChI=1S/C6H13N.CH2O2/c1-6-4-3-5-7(6)2;2-1-3/h6H,3-5H2,1-2H3;1H,(H,2,3). The van der Waals surface area contributed by atoms with Crippen LogP contribution in [0, 0.1) is 0 Å². The SMILES string of the molecule is CC1CCCN1C.O=CO. The van der Waals surface area contributed by atoms with Gasteiger partial charge in [0.25, 0.3) is 6.47 Å². The van der Waals surface area contributed by atoms with Gasteiger partial charge in [0.1, 0.15) is 0 Å². The maximum atomic E-state index is 8.36. The summed E-state index contributed by atoms with van der Waals surface area (Å²) in [6.45, 7) is 3.34. The Morgan fingerprint density at radius 2 is 2.20 bits per heavy atom. The van der Waals surface area contributed by atoms with Gasteiger partial charge in [0.15, 0.2) is 0 Å². The first-order valence-electron chi connectivity index (χ1n) is 3.50. The van der Waals surface area contributed by atoms with E-state index in [4.69, 9.17) is 9.90 Å². The molecular weight excluding hydrogens is 130 g/mol. The largest absolute Gasteiger partial charge is 0.483 e. The minimum atomic E-state index is -0.250. The van der Waals surface area contributed by atoms with Crippen molar-refractivity contribution >= 4 is 6.47 Å². The lowest BCUT2D eigenvalue weighted by Gasteiger charge is -2.12. The van der Waals surface area contributed by atoms with E-state index in [0.29, 0.717) is 0 Å². The van der Waals surface area contributed by atoms with Crippen LogP contribution in [0.4, 0.5) is 0 Å². The third-order valence-electron chi connectivity index (χ3n) is 1.89. The fourth-order valence-electron chi connectivity index (χ4n) is 1.08. The zero-order chi connectivity index (χ0) is 7.98. The first-order valence-corrected chi connectivity index (χ1v) is 3.50. The van der Waals surface area contributed by atoms with Crippen molar-refractivity contribution in [2.45, 2.75) is 25.8 Å². The van der Waals surface area contributed by atoms with Crippen molar-refractivity contribution in [3.63, 3.8) is 0 Å². The zero-order valence-corrected chi connectivity index (χ0v) is 6.58. The summed E-state index contributed by atoms with van der Waals surface area (Å²) >= 11 is 0. The van der Waals surface area contributed by atoms with Gasteiger partial charge in [-0.05, 0) is 33.4 Å². The van der Waals surface area contributed by atoms with Crippen molar-refractivity contribution in [1.82, 2.24) is 4.90 Å². The lowest BCUT2D eigenvalue weighted by atomic mass is 10.3. The molecule has 1 heterocycles. The van der Waals surface area contributed by atoms with E-state index in [-0.39, 0.29) is 6.47 Å². The minimum Gasteiger partial charge on any atom is -0.483 e. The molecule has 3 heteroatoms. The third-order valence-corrected chi connectivity index (χ3v) is 1.89. The average molecular weight is 145 g/mol. The van der Waals surface area contributed by atoms with Crippen molar-refractivity contribution < 1.29 is 9.90 Å². The van der Waals surface area contributed by atoms with Gasteiger partial charge >= 0.3 is 0 Å². The van der Waals surface area contributed by atoms with E-state index >= 15 is 0 Å². The second kappa shape index (κ2) is 5.23. The molecule has 1 aliphatic heterocycles. The summed E-state index contributed by atoms with van der Waals surface area (Å²) < 4.78 is 0. The molecule has 0 aromatic heterocycles. The first kappa shape index (κ1) is 9.43. The van der Waals surface area contributed by atoms with E-state index in [2.05, 4.69) is 18.9 Å². The average Bonchev–Trinajstić information content (AvgIpc) is 2.19. The van der Waals surface area contributed by atoms with Crippen LogP contribution in [0.2, 0.25) is 0 Å². The Labute approximate surface area is 61.6 Å². The van der Waals surface area contributed by atoms with Crippen LogP contribution in [-0.4, -0.2) is 36.1 Å². The zero-order valence-electron chi connectivity index (χ0n) is 6.58. The Balaban J connectivity index is 0.000000236. The molecule has 1 rings (SSSR count). The number of carbonyl (C=O) groups is 1. The molecule has 0 aromatic carbocycles. The predicted molar refractivity (Wildman–Crippen MR) is 40.0 cm³/mol. The third kappa shape index (κ3) is 3.45. The highest BCUT2D eigenvalue weighted by Gasteiger charge is 2.14. The fraction of sp³-hybridized carbons (Fsp3) is 0.857. The molecule has 0 radical (unpaired) electrons. The molecule has 1 fully saturated rings. The number of likely N-dealkylation sites (tertiary alicyclic amines) is 1. The minimum absolute atomic E-state index is 0.250. The summed E-state index contributed by atoms with van der Waals surface area (Å²) in [6.07, 6.45) is 2.80. The highest BCUT2D eigenvalue weighted by atomic mass is 16.3. The number of carboxylic acid groups (broad SMARTS) is 1. The molecule has 1 N–H and O–H groups in total. The molecule has 1 aliphatic rings. The van der Waals surface area contributed by atoms with Crippen molar-refractivity contribution in [2.75, 3.05) is 13.6 Å². The summed E-state index contributed by atoms with van der Waals surface area (Å²) in [5.41, 5.74) is 0. The van der Waals surface area contributed by atoms with E-state index in [1.165, 1.54) is 19.4 Å². The topological polar surface area (TPSA) is 40.5 Å².